The number of carbonyl (C=O) groups is 2. The molecule has 0 saturated carbocycles. The van der Waals surface area contributed by atoms with E-state index in [-0.39, 0.29) is 0 Å². The molecule has 0 spiro atoms. The van der Waals surface area contributed by atoms with Crippen molar-refractivity contribution in [2.75, 3.05) is 0 Å². The summed E-state index contributed by atoms with van der Waals surface area (Å²) in [6.07, 6.45) is -1.92. The maximum Gasteiger partial charge on any atom is 0.342 e. The van der Waals surface area contributed by atoms with Crippen LogP contribution in [-0.2, 0) is 29.1 Å². The van der Waals surface area contributed by atoms with Crippen molar-refractivity contribution >= 4 is 11.9 Å². The largest absolute Gasteiger partial charge is 0.479 e. The second-order valence-electron chi connectivity index (χ2n) is 6.70. The second-order valence-corrected chi connectivity index (χ2v) is 6.70. The molecule has 0 heterocycles. The fourth-order valence-electron chi connectivity index (χ4n) is 0.964. The predicted octanol–water partition coefficient (Wildman–Crippen LogP) is 1.78. The molecule has 0 rings (SSSR count). The summed E-state index contributed by atoms with van der Waals surface area (Å²) < 4.78 is 0. The monoisotopic (exact) mass is 308 g/mol. The van der Waals surface area contributed by atoms with Crippen LogP contribution in [0.4, 0.5) is 0 Å². The molecule has 2 unspecified atom stereocenters. The normalized spacial score (nSPS) is 17.1. The van der Waals surface area contributed by atoms with E-state index in [2.05, 4.69) is 0 Å². The summed E-state index contributed by atoms with van der Waals surface area (Å²) in [7, 11) is 0. The summed E-state index contributed by atoms with van der Waals surface area (Å²) in [5.41, 5.74) is -3.94. The van der Waals surface area contributed by atoms with Crippen molar-refractivity contribution in [1.29, 1.82) is 0 Å². The Morgan fingerprint density at radius 2 is 1.24 bits per heavy atom. The van der Waals surface area contributed by atoms with Crippen LogP contribution in [0.2, 0.25) is 0 Å². The number of hydrogen-bond acceptors (Lipinski definition) is 6. The van der Waals surface area contributed by atoms with Gasteiger partial charge in [-0.1, -0.05) is 0 Å². The van der Waals surface area contributed by atoms with Crippen LogP contribution < -0.4 is 0 Å². The van der Waals surface area contributed by atoms with Gasteiger partial charge in [-0.2, -0.15) is 0 Å². The highest BCUT2D eigenvalue weighted by molar-refractivity contribution is 5.87. The second kappa shape index (κ2) is 6.69. The first kappa shape index (κ1) is 19.8. The molecule has 0 bridgehead atoms. The summed E-state index contributed by atoms with van der Waals surface area (Å²) in [5, 5.41) is 18.5. The molecule has 2 N–H and O–H groups in total. The van der Waals surface area contributed by atoms with Gasteiger partial charge < -0.3 is 10.2 Å². The molecule has 124 valence electrons. The maximum absolute atomic E-state index is 11.4. The molecule has 0 saturated heterocycles. The maximum atomic E-state index is 11.4. The number of carboxylic acid groups (broad SMARTS) is 2. The third-order valence-corrected chi connectivity index (χ3v) is 2.01. The first-order valence-electron chi connectivity index (χ1n) is 6.36. The molecule has 0 radical (unpaired) electrons. The molecule has 0 aliphatic carbocycles. The Kier molecular flexibility index (Phi) is 6.31. The first-order chi connectivity index (χ1) is 9.19. The summed E-state index contributed by atoms with van der Waals surface area (Å²) in [6.45, 7) is 10.8. The molecule has 0 aliphatic heterocycles. The molecule has 2 atom stereocenters. The van der Waals surface area contributed by atoms with Crippen LogP contribution in [0.15, 0.2) is 0 Å². The van der Waals surface area contributed by atoms with Gasteiger partial charge in [-0.05, 0) is 48.5 Å². The highest BCUT2D eigenvalue weighted by Crippen LogP contribution is 2.25. The molecule has 0 aromatic rings. The van der Waals surface area contributed by atoms with Crippen molar-refractivity contribution in [3.63, 3.8) is 0 Å². The molecule has 0 aromatic carbocycles. The molecule has 0 aliphatic rings. The molecule has 21 heavy (non-hydrogen) atoms. The molecule has 8 nitrogen and oxygen atoms in total. The van der Waals surface area contributed by atoms with Crippen LogP contribution >= 0.6 is 0 Å². The highest BCUT2D eigenvalue weighted by Gasteiger charge is 2.52. The zero-order valence-electron chi connectivity index (χ0n) is 13.4. The Morgan fingerprint density at radius 3 is 1.52 bits per heavy atom. The fraction of sp³-hybridized carbons (Fsp3) is 0.846. The van der Waals surface area contributed by atoms with E-state index in [1.54, 1.807) is 41.5 Å². The average molecular weight is 308 g/mol. The van der Waals surface area contributed by atoms with Crippen LogP contribution in [0.5, 0.6) is 0 Å². The van der Waals surface area contributed by atoms with E-state index in [0.717, 1.165) is 6.92 Å². The SMILES string of the molecule is CC(C)(C)OOC(C(=O)O)C(C)(OOC(C)(C)C)C(=O)O. The van der Waals surface area contributed by atoms with Crippen LogP contribution in [0.25, 0.3) is 0 Å². The van der Waals surface area contributed by atoms with E-state index in [1.165, 1.54) is 0 Å². The van der Waals surface area contributed by atoms with Gasteiger partial charge in [0.05, 0.1) is 11.2 Å². The third kappa shape index (κ3) is 6.85. The van der Waals surface area contributed by atoms with Crippen LogP contribution in [-0.4, -0.2) is 45.1 Å². The minimum absolute atomic E-state index is 0.821. The van der Waals surface area contributed by atoms with E-state index in [0.29, 0.717) is 0 Å². The minimum atomic E-state index is -2.29. The van der Waals surface area contributed by atoms with Crippen LogP contribution in [0, 0.1) is 0 Å². The van der Waals surface area contributed by atoms with Crippen molar-refractivity contribution in [3.05, 3.63) is 0 Å². The number of hydrogen-bond donors (Lipinski definition) is 2. The summed E-state index contributed by atoms with van der Waals surface area (Å²) in [4.78, 5) is 42.2. The molecule has 0 aromatic heterocycles. The Balaban J connectivity index is 5.24. The lowest BCUT2D eigenvalue weighted by Crippen LogP contribution is -2.55. The standard InChI is InChI=1S/C13H24O8/c1-11(2,3)19-18-8(9(14)15)13(7,10(16)17)21-20-12(4,5)6/h8H,1-7H3,(H,14,15)(H,16,17). The van der Waals surface area contributed by atoms with Gasteiger partial charge >= 0.3 is 11.9 Å². The molecule has 0 fully saturated rings. The summed E-state index contributed by atoms with van der Waals surface area (Å²) in [6, 6.07) is 0. The average Bonchev–Trinajstić information content (AvgIpc) is 2.23. The van der Waals surface area contributed by atoms with Gasteiger partial charge in [-0.3, -0.25) is 0 Å². The van der Waals surface area contributed by atoms with Crippen molar-refractivity contribution in [3.8, 4) is 0 Å². The van der Waals surface area contributed by atoms with Crippen LogP contribution in [0.1, 0.15) is 48.5 Å². The third-order valence-electron chi connectivity index (χ3n) is 2.01. The topological polar surface area (TPSA) is 112 Å². The molecule has 8 heteroatoms. The van der Waals surface area contributed by atoms with Crippen LogP contribution in [0.3, 0.4) is 0 Å². The Bertz CT molecular complexity index is 379. The molecular formula is C13H24O8. The van der Waals surface area contributed by atoms with Gasteiger partial charge in [0.1, 0.15) is 0 Å². The molecular weight excluding hydrogens is 284 g/mol. The number of carboxylic acids is 2. The van der Waals surface area contributed by atoms with E-state index in [4.69, 9.17) is 19.6 Å². The van der Waals surface area contributed by atoms with Crippen molar-refractivity contribution in [2.45, 2.75) is 71.4 Å². The summed E-state index contributed by atoms with van der Waals surface area (Å²) >= 11 is 0. The fourth-order valence-corrected chi connectivity index (χ4v) is 0.964. The van der Waals surface area contributed by atoms with Gasteiger partial charge in [0.2, 0.25) is 11.7 Å². The Hall–Kier alpha value is -1.22. The van der Waals surface area contributed by atoms with Crippen molar-refractivity contribution in [2.24, 2.45) is 0 Å². The van der Waals surface area contributed by atoms with Gasteiger partial charge in [0.15, 0.2) is 0 Å². The zero-order chi connectivity index (χ0) is 17.1. The highest BCUT2D eigenvalue weighted by atomic mass is 17.2. The van der Waals surface area contributed by atoms with Crippen molar-refractivity contribution < 1.29 is 39.4 Å². The predicted molar refractivity (Wildman–Crippen MR) is 71.3 cm³/mol. The quantitative estimate of drug-likeness (QED) is 0.540. The number of rotatable bonds is 7. The van der Waals surface area contributed by atoms with Gasteiger partial charge in [0.25, 0.3) is 0 Å². The van der Waals surface area contributed by atoms with E-state index in [1.807, 2.05) is 0 Å². The smallest absolute Gasteiger partial charge is 0.342 e. The minimum Gasteiger partial charge on any atom is -0.479 e. The molecule has 0 amide bonds. The number of aliphatic carboxylic acids is 2. The van der Waals surface area contributed by atoms with Gasteiger partial charge in [0, 0.05) is 0 Å². The lowest BCUT2D eigenvalue weighted by molar-refractivity contribution is -0.441. The lowest BCUT2D eigenvalue weighted by Gasteiger charge is -2.32. The Morgan fingerprint density at radius 1 is 0.810 bits per heavy atom. The zero-order valence-corrected chi connectivity index (χ0v) is 13.4. The Labute approximate surface area is 123 Å². The van der Waals surface area contributed by atoms with Gasteiger partial charge in [-0.15, -0.1) is 0 Å². The van der Waals surface area contributed by atoms with E-state index >= 15 is 0 Å². The summed E-state index contributed by atoms with van der Waals surface area (Å²) in [5.74, 6) is -3.11. The van der Waals surface area contributed by atoms with E-state index in [9.17, 15) is 19.8 Å². The van der Waals surface area contributed by atoms with Crippen molar-refractivity contribution in [1.82, 2.24) is 0 Å². The first-order valence-corrected chi connectivity index (χ1v) is 6.36. The van der Waals surface area contributed by atoms with E-state index < -0.39 is 34.8 Å². The lowest BCUT2D eigenvalue weighted by atomic mass is 9.99. The van der Waals surface area contributed by atoms with Gasteiger partial charge in [-0.25, -0.2) is 29.1 Å².